The van der Waals surface area contributed by atoms with Gasteiger partial charge in [-0.05, 0) is 56.7 Å². The Morgan fingerprint density at radius 1 is 0.824 bits per heavy atom. The third-order valence-electron chi connectivity index (χ3n) is 3.16. The first-order chi connectivity index (χ1) is 7.77. The molecule has 0 bridgehead atoms. The molecule has 0 unspecified atom stereocenters. The first-order valence-electron chi connectivity index (χ1n) is 7.12. The Morgan fingerprint density at radius 2 is 1.41 bits per heavy atom. The molecule has 0 aliphatic rings. The van der Waals surface area contributed by atoms with Crippen LogP contribution in [-0.4, -0.2) is 26.7 Å². The topological polar surface area (TPSA) is 24.1 Å². The molecule has 2 nitrogen and oxygen atoms in total. The molecule has 2 heteroatoms. The van der Waals surface area contributed by atoms with E-state index in [0.717, 1.165) is 19.6 Å². The van der Waals surface area contributed by atoms with Crippen molar-refractivity contribution in [2.75, 3.05) is 26.7 Å². The van der Waals surface area contributed by atoms with Crippen LogP contribution in [0.15, 0.2) is 0 Å². The Morgan fingerprint density at radius 3 is 1.94 bits per heavy atom. The molecule has 0 aromatic rings. The number of rotatable bonds is 9. The second kappa shape index (κ2) is 8.10. The van der Waals surface area contributed by atoms with E-state index in [9.17, 15) is 0 Å². The van der Waals surface area contributed by atoms with Crippen LogP contribution < -0.4 is 10.6 Å². The van der Waals surface area contributed by atoms with Gasteiger partial charge in [-0.2, -0.15) is 0 Å². The van der Waals surface area contributed by atoms with Crippen LogP contribution in [0.3, 0.4) is 0 Å². The molecular weight excluding hydrogens is 208 g/mol. The van der Waals surface area contributed by atoms with E-state index in [0.29, 0.717) is 10.8 Å². The van der Waals surface area contributed by atoms with Crippen molar-refractivity contribution in [3.63, 3.8) is 0 Å². The second-order valence-electron chi connectivity index (χ2n) is 7.21. The molecule has 17 heavy (non-hydrogen) atoms. The van der Waals surface area contributed by atoms with Crippen LogP contribution in [0.5, 0.6) is 0 Å². The third kappa shape index (κ3) is 12.2. The highest BCUT2D eigenvalue weighted by atomic mass is 14.9. The second-order valence-corrected chi connectivity index (χ2v) is 7.21. The molecule has 0 spiro atoms. The van der Waals surface area contributed by atoms with Crippen LogP contribution in [0, 0.1) is 10.8 Å². The van der Waals surface area contributed by atoms with Gasteiger partial charge in [0.15, 0.2) is 0 Å². The summed E-state index contributed by atoms with van der Waals surface area (Å²) in [7, 11) is 2.03. The van der Waals surface area contributed by atoms with Gasteiger partial charge in [-0.3, -0.25) is 0 Å². The lowest BCUT2D eigenvalue weighted by Crippen LogP contribution is -2.31. The van der Waals surface area contributed by atoms with E-state index >= 15 is 0 Å². The molecule has 104 valence electrons. The molecule has 0 radical (unpaired) electrons. The Balaban J connectivity index is 3.51. The summed E-state index contributed by atoms with van der Waals surface area (Å²) in [6.45, 7) is 15.1. The van der Waals surface area contributed by atoms with Crippen molar-refractivity contribution in [1.82, 2.24) is 10.6 Å². The van der Waals surface area contributed by atoms with E-state index in [1.54, 1.807) is 0 Å². The van der Waals surface area contributed by atoms with Crippen LogP contribution in [0.1, 0.15) is 60.3 Å². The zero-order chi connectivity index (χ0) is 13.4. The van der Waals surface area contributed by atoms with Crippen molar-refractivity contribution in [3.05, 3.63) is 0 Å². The summed E-state index contributed by atoms with van der Waals surface area (Å²) in [6.07, 6.45) is 5.16. The fourth-order valence-electron chi connectivity index (χ4n) is 2.00. The standard InChI is InChI=1S/C15H34N2/c1-14(2,3)9-7-12-17-13-15(4,5)10-8-11-16-6/h16-17H,7-13H2,1-6H3. The Hall–Kier alpha value is -0.0800. The maximum Gasteiger partial charge on any atom is 0.000252 e. The van der Waals surface area contributed by atoms with Crippen molar-refractivity contribution < 1.29 is 0 Å². The highest BCUT2D eigenvalue weighted by Gasteiger charge is 2.16. The molecule has 0 aliphatic carbocycles. The molecule has 0 aliphatic heterocycles. The van der Waals surface area contributed by atoms with Crippen LogP contribution >= 0.6 is 0 Å². The lowest BCUT2D eigenvalue weighted by molar-refractivity contribution is 0.297. The summed E-state index contributed by atoms with van der Waals surface area (Å²) < 4.78 is 0. The Labute approximate surface area is 109 Å². The van der Waals surface area contributed by atoms with Gasteiger partial charge in [0, 0.05) is 6.54 Å². The molecule has 2 N–H and O–H groups in total. The summed E-state index contributed by atoms with van der Waals surface area (Å²) in [4.78, 5) is 0. The highest BCUT2D eigenvalue weighted by molar-refractivity contribution is 4.72. The van der Waals surface area contributed by atoms with Crippen molar-refractivity contribution in [3.8, 4) is 0 Å². The van der Waals surface area contributed by atoms with Gasteiger partial charge >= 0.3 is 0 Å². The van der Waals surface area contributed by atoms with Crippen LogP contribution in [0.25, 0.3) is 0 Å². The average Bonchev–Trinajstić information content (AvgIpc) is 2.15. The fourth-order valence-corrected chi connectivity index (χ4v) is 2.00. The molecule has 0 rings (SSSR count). The normalized spacial score (nSPS) is 13.1. The van der Waals surface area contributed by atoms with Gasteiger partial charge in [-0.1, -0.05) is 34.6 Å². The van der Waals surface area contributed by atoms with Crippen molar-refractivity contribution >= 4 is 0 Å². The van der Waals surface area contributed by atoms with E-state index in [1.807, 2.05) is 7.05 Å². The monoisotopic (exact) mass is 242 g/mol. The molecule has 0 saturated carbocycles. The van der Waals surface area contributed by atoms with Gasteiger partial charge in [-0.25, -0.2) is 0 Å². The van der Waals surface area contributed by atoms with Gasteiger partial charge in [-0.15, -0.1) is 0 Å². The summed E-state index contributed by atoms with van der Waals surface area (Å²) in [5.74, 6) is 0. The summed E-state index contributed by atoms with van der Waals surface area (Å²) in [6, 6.07) is 0. The van der Waals surface area contributed by atoms with Gasteiger partial charge in [0.25, 0.3) is 0 Å². The Bertz CT molecular complexity index is 180. The van der Waals surface area contributed by atoms with Crippen molar-refractivity contribution in [2.24, 2.45) is 10.8 Å². The molecule has 0 atom stereocenters. The summed E-state index contributed by atoms with van der Waals surface area (Å²) in [5.41, 5.74) is 0.905. The largest absolute Gasteiger partial charge is 0.320 e. The predicted molar refractivity (Wildman–Crippen MR) is 78.5 cm³/mol. The van der Waals surface area contributed by atoms with Gasteiger partial charge in [0.05, 0.1) is 0 Å². The highest BCUT2D eigenvalue weighted by Crippen LogP contribution is 2.22. The van der Waals surface area contributed by atoms with Crippen molar-refractivity contribution in [1.29, 1.82) is 0 Å². The molecule has 0 heterocycles. The Kier molecular flexibility index (Phi) is 8.06. The molecule has 0 saturated heterocycles. The minimum atomic E-state index is 0.429. The maximum atomic E-state index is 3.60. The first-order valence-corrected chi connectivity index (χ1v) is 7.12. The summed E-state index contributed by atoms with van der Waals surface area (Å²) in [5, 5.41) is 6.82. The van der Waals surface area contributed by atoms with E-state index in [2.05, 4.69) is 45.3 Å². The van der Waals surface area contributed by atoms with Gasteiger partial charge in [0.2, 0.25) is 0 Å². The SMILES string of the molecule is CNCCCC(C)(C)CNCCCC(C)(C)C. The van der Waals surface area contributed by atoms with Gasteiger partial charge < -0.3 is 10.6 Å². The van der Waals surface area contributed by atoms with E-state index < -0.39 is 0 Å². The molecule has 0 fully saturated rings. The van der Waals surface area contributed by atoms with E-state index in [1.165, 1.54) is 25.7 Å². The first kappa shape index (κ1) is 16.9. The predicted octanol–water partition coefficient (Wildman–Crippen LogP) is 3.43. The summed E-state index contributed by atoms with van der Waals surface area (Å²) >= 11 is 0. The lowest BCUT2D eigenvalue weighted by Gasteiger charge is -2.25. The van der Waals surface area contributed by atoms with Gasteiger partial charge in [0.1, 0.15) is 0 Å². The third-order valence-corrected chi connectivity index (χ3v) is 3.16. The number of nitrogens with one attached hydrogen (secondary N) is 2. The smallest absolute Gasteiger partial charge is 0.000252 e. The molecule has 0 aromatic carbocycles. The van der Waals surface area contributed by atoms with Crippen LogP contribution in [0.2, 0.25) is 0 Å². The number of hydrogen-bond acceptors (Lipinski definition) is 2. The zero-order valence-electron chi connectivity index (χ0n) is 12.9. The quantitative estimate of drug-likeness (QED) is 0.605. The average molecular weight is 242 g/mol. The zero-order valence-corrected chi connectivity index (χ0v) is 12.9. The minimum absolute atomic E-state index is 0.429. The van der Waals surface area contributed by atoms with E-state index in [-0.39, 0.29) is 0 Å². The van der Waals surface area contributed by atoms with E-state index in [4.69, 9.17) is 0 Å². The van der Waals surface area contributed by atoms with Crippen LogP contribution in [-0.2, 0) is 0 Å². The lowest BCUT2D eigenvalue weighted by atomic mass is 9.87. The number of hydrogen-bond donors (Lipinski definition) is 2. The fraction of sp³-hybridized carbons (Fsp3) is 1.00. The molecule has 0 amide bonds. The minimum Gasteiger partial charge on any atom is -0.320 e. The molecule has 0 aromatic heterocycles. The maximum absolute atomic E-state index is 3.60. The van der Waals surface area contributed by atoms with Crippen molar-refractivity contribution in [2.45, 2.75) is 60.3 Å². The van der Waals surface area contributed by atoms with Crippen LogP contribution in [0.4, 0.5) is 0 Å². The molecular formula is C15H34N2.